The molecule has 4 aliphatic carbocycles. The van der Waals surface area contributed by atoms with Crippen molar-refractivity contribution in [3.05, 3.63) is 46.5 Å². The van der Waals surface area contributed by atoms with Crippen molar-refractivity contribution in [3.8, 4) is 0 Å². The molecule has 0 radical (unpaired) electrons. The van der Waals surface area contributed by atoms with Crippen LogP contribution in [0.5, 0.6) is 0 Å². The van der Waals surface area contributed by atoms with Crippen LogP contribution in [0, 0.1) is 33.5 Å². The Morgan fingerprint density at radius 1 is 0.905 bits per heavy atom. The Kier molecular flexibility index (Phi) is 7.92. The zero-order chi connectivity index (χ0) is 30.9. The summed E-state index contributed by atoms with van der Waals surface area (Å²) in [5, 5.41) is 0. The summed E-state index contributed by atoms with van der Waals surface area (Å²) in [6, 6.07) is 7.76. The molecular weight excluding hydrogens is 572 g/mol. The van der Waals surface area contributed by atoms with Gasteiger partial charge in [-0.1, -0.05) is 65.8 Å². The van der Waals surface area contributed by atoms with Crippen molar-refractivity contribution in [2.75, 3.05) is 25.4 Å². The molecule has 0 spiro atoms. The Morgan fingerprint density at radius 3 is 1.81 bits per heavy atom. The monoisotopic (exact) mass is 615 g/mol. The SMILES string of the molecule is CCNS(=O)(=O)CC12CCC(C(=Cc3ccc(C=C4C(=O)C5(CN(CC)S(=O)[O-])CCC4C5(C)C)cc3)C1=O)C2(C)C. The largest absolute Gasteiger partial charge is 0.760 e. The lowest BCUT2D eigenvalue weighted by molar-refractivity contribution is -0.127. The van der Waals surface area contributed by atoms with Crippen LogP contribution in [0.4, 0.5) is 0 Å². The fourth-order valence-electron chi connectivity index (χ4n) is 8.81. The molecule has 8 nitrogen and oxygen atoms in total. The average Bonchev–Trinajstić information content (AvgIpc) is 3.42. The highest BCUT2D eigenvalue weighted by Crippen LogP contribution is 2.67. The Bertz CT molecular complexity index is 1490. The van der Waals surface area contributed by atoms with Gasteiger partial charge in [-0.05, 0) is 71.6 Å². The topological polar surface area (TPSA) is 124 Å². The normalized spacial score (nSPS) is 33.9. The van der Waals surface area contributed by atoms with Crippen molar-refractivity contribution in [1.29, 1.82) is 0 Å². The minimum absolute atomic E-state index is 0.000148. The third-order valence-corrected chi connectivity index (χ3v) is 13.9. The molecule has 0 aromatic heterocycles. The third-order valence-electron chi connectivity index (χ3n) is 11.5. The summed E-state index contributed by atoms with van der Waals surface area (Å²) in [6.45, 7) is 12.6. The van der Waals surface area contributed by atoms with E-state index in [0.717, 1.165) is 29.5 Å². The van der Waals surface area contributed by atoms with Gasteiger partial charge in [0.25, 0.3) is 0 Å². The van der Waals surface area contributed by atoms with Gasteiger partial charge in [0.05, 0.1) is 16.6 Å². The van der Waals surface area contributed by atoms with E-state index in [0.29, 0.717) is 31.5 Å². The summed E-state index contributed by atoms with van der Waals surface area (Å²) in [5.74, 6) is -0.134. The van der Waals surface area contributed by atoms with Gasteiger partial charge in [-0.3, -0.25) is 13.8 Å². The molecule has 1 aromatic carbocycles. The van der Waals surface area contributed by atoms with Crippen LogP contribution in [0.3, 0.4) is 0 Å². The van der Waals surface area contributed by atoms with E-state index >= 15 is 0 Å². The summed E-state index contributed by atoms with van der Waals surface area (Å²) in [5.41, 5.74) is 0.748. The van der Waals surface area contributed by atoms with Crippen LogP contribution in [0.25, 0.3) is 12.2 Å². The number of sulfonamides is 1. The van der Waals surface area contributed by atoms with Crippen LogP contribution < -0.4 is 4.72 Å². The van der Waals surface area contributed by atoms with E-state index in [-0.39, 0.29) is 41.1 Å². The molecule has 0 heterocycles. The first-order valence-electron chi connectivity index (χ1n) is 15.0. The van der Waals surface area contributed by atoms with Gasteiger partial charge in [-0.25, -0.2) is 17.4 Å². The Hall–Kier alpha value is -1.98. The van der Waals surface area contributed by atoms with Crippen molar-refractivity contribution in [3.63, 3.8) is 0 Å². The predicted molar refractivity (Wildman–Crippen MR) is 164 cm³/mol. The van der Waals surface area contributed by atoms with Gasteiger partial charge >= 0.3 is 0 Å². The average molecular weight is 616 g/mol. The molecule has 230 valence electrons. The number of allylic oxidation sites excluding steroid dienone is 2. The van der Waals surface area contributed by atoms with Crippen LogP contribution in [0.1, 0.15) is 78.4 Å². The summed E-state index contributed by atoms with van der Waals surface area (Å²) in [6.07, 6.45) is 6.75. The van der Waals surface area contributed by atoms with E-state index < -0.39 is 37.5 Å². The molecule has 4 bridgehead atoms. The van der Waals surface area contributed by atoms with Crippen molar-refractivity contribution in [2.45, 2.75) is 67.2 Å². The maximum Gasteiger partial charge on any atom is 0.212 e. The second-order valence-corrected chi connectivity index (χ2v) is 16.5. The number of hydrogen-bond donors (Lipinski definition) is 1. The van der Waals surface area contributed by atoms with Crippen molar-refractivity contribution in [1.82, 2.24) is 9.03 Å². The van der Waals surface area contributed by atoms with Crippen LogP contribution in [-0.2, 0) is 30.9 Å². The lowest BCUT2D eigenvalue weighted by atomic mass is 9.69. The zero-order valence-corrected chi connectivity index (χ0v) is 27.1. The van der Waals surface area contributed by atoms with Gasteiger partial charge in [0.1, 0.15) is 0 Å². The lowest BCUT2D eigenvalue weighted by Gasteiger charge is -2.40. The maximum atomic E-state index is 13.8. The number of ketones is 2. The fourth-order valence-corrected chi connectivity index (χ4v) is 11.2. The summed E-state index contributed by atoms with van der Waals surface area (Å²) in [7, 11) is -3.58. The minimum atomic E-state index is -3.58. The first-order chi connectivity index (χ1) is 19.6. The Balaban J connectivity index is 1.41. The lowest BCUT2D eigenvalue weighted by Crippen LogP contribution is -2.47. The smallest absolute Gasteiger partial charge is 0.212 e. The molecule has 5 rings (SSSR count). The number of Topliss-reactive ketones (excluding diaryl/α,β-unsaturated/α-hetero) is 2. The zero-order valence-electron chi connectivity index (χ0n) is 25.5. The molecule has 5 unspecified atom stereocenters. The van der Waals surface area contributed by atoms with E-state index in [1.165, 1.54) is 4.31 Å². The number of fused-ring (bicyclic) bond motifs is 4. The minimum Gasteiger partial charge on any atom is -0.760 e. The number of carbonyl (C=O) groups is 2. The van der Waals surface area contributed by atoms with E-state index in [1.807, 2.05) is 50.3 Å². The highest BCUT2D eigenvalue weighted by molar-refractivity contribution is 7.89. The van der Waals surface area contributed by atoms with Crippen molar-refractivity contribution < 1.29 is 26.8 Å². The first kappa shape index (κ1) is 31.4. The van der Waals surface area contributed by atoms with Gasteiger partial charge in [-0.2, -0.15) is 0 Å². The molecule has 10 heteroatoms. The second-order valence-electron chi connectivity index (χ2n) is 13.7. The molecule has 1 N–H and O–H groups in total. The van der Waals surface area contributed by atoms with Crippen LogP contribution in [0.2, 0.25) is 0 Å². The number of nitrogens with one attached hydrogen (secondary N) is 1. The van der Waals surface area contributed by atoms with Gasteiger partial charge in [0, 0.05) is 42.0 Å². The van der Waals surface area contributed by atoms with Crippen molar-refractivity contribution >= 4 is 45.0 Å². The molecule has 42 heavy (non-hydrogen) atoms. The first-order valence-corrected chi connectivity index (χ1v) is 17.7. The highest BCUT2D eigenvalue weighted by atomic mass is 32.2. The molecule has 0 saturated heterocycles. The molecule has 0 aliphatic heterocycles. The van der Waals surface area contributed by atoms with Gasteiger partial charge in [0.2, 0.25) is 10.0 Å². The fraction of sp³-hybridized carbons (Fsp3) is 0.625. The van der Waals surface area contributed by atoms with Gasteiger partial charge < -0.3 is 4.55 Å². The van der Waals surface area contributed by atoms with E-state index in [1.54, 1.807) is 13.8 Å². The number of benzene rings is 1. The van der Waals surface area contributed by atoms with Crippen molar-refractivity contribution in [2.24, 2.45) is 33.5 Å². The number of nitrogens with zero attached hydrogens (tertiary/aromatic N) is 1. The van der Waals surface area contributed by atoms with Gasteiger partial charge in [-0.15, -0.1) is 0 Å². The molecular formula is C32H43N2O6S2-. The summed E-state index contributed by atoms with van der Waals surface area (Å²) >= 11 is -2.38. The van der Waals surface area contributed by atoms with E-state index in [2.05, 4.69) is 18.6 Å². The number of rotatable bonds is 10. The van der Waals surface area contributed by atoms with Crippen LogP contribution in [0.15, 0.2) is 35.4 Å². The maximum absolute atomic E-state index is 13.8. The predicted octanol–water partition coefficient (Wildman–Crippen LogP) is 4.52. The molecule has 1 aromatic rings. The van der Waals surface area contributed by atoms with Crippen LogP contribution >= 0.6 is 0 Å². The molecule has 0 amide bonds. The number of carbonyl (C=O) groups excluding carboxylic acids is 2. The van der Waals surface area contributed by atoms with Crippen LogP contribution in [-0.4, -0.2) is 58.4 Å². The third kappa shape index (κ3) is 4.55. The second kappa shape index (κ2) is 10.6. The highest BCUT2D eigenvalue weighted by Gasteiger charge is 2.68. The van der Waals surface area contributed by atoms with Gasteiger partial charge in [0.15, 0.2) is 11.6 Å². The molecule has 4 saturated carbocycles. The van der Waals surface area contributed by atoms with E-state index in [9.17, 15) is 26.8 Å². The standard InChI is InChI=1S/C32H44N2O6S2/c1-7-33-42(39,40)20-32-16-14-26(30(32,5)6)24(28(32)36)18-22-11-9-21(10-12-22)17-23-25-13-15-31(27(23)35,29(25,3)4)19-34(8-2)41(37)38/h9-12,17-18,25-26,33H,7-8,13-16,19-20H2,1-6H3,(H,37,38)/p-1. The quantitative estimate of drug-likeness (QED) is 0.305. The molecule has 4 fully saturated rings. The Labute approximate surface area is 252 Å². The summed E-state index contributed by atoms with van der Waals surface area (Å²) < 4.78 is 53.0. The molecule has 5 atom stereocenters. The number of hydrogen-bond acceptors (Lipinski definition) is 6. The molecule has 4 aliphatic rings. The summed E-state index contributed by atoms with van der Waals surface area (Å²) in [4.78, 5) is 27.6. The Morgan fingerprint density at radius 2 is 1.36 bits per heavy atom. The van der Waals surface area contributed by atoms with E-state index in [4.69, 9.17) is 0 Å².